The number of aromatic nitrogens is 3. The third-order valence-electron chi connectivity index (χ3n) is 4.40. The van der Waals surface area contributed by atoms with Crippen molar-refractivity contribution in [3.05, 3.63) is 52.8 Å². The van der Waals surface area contributed by atoms with E-state index in [1.165, 1.54) is 26.2 Å². The van der Waals surface area contributed by atoms with Gasteiger partial charge in [-0.05, 0) is 18.6 Å². The summed E-state index contributed by atoms with van der Waals surface area (Å²) in [7, 11) is -2.69. The summed E-state index contributed by atoms with van der Waals surface area (Å²) in [6.07, 6.45) is -3.36. The molecule has 12 heteroatoms. The Kier molecular flexibility index (Phi) is 6.14. The van der Waals surface area contributed by atoms with Crippen LogP contribution >= 0.6 is 11.3 Å². The molecule has 0 aliphatic heterocycles. The van der Waals surface area contributed by atoms with Crippen molar-refractivity contribution in [1.29, 1.82) is 0 Å². The Bertz CT molecular complexity index is 1220. The highest BCUT2D eigenvalue weighted by Gasteiger charge is 2.37. The van der Waals surface area contributed by atoms with E-state index in [1.54, 1.807) is 12.1 Å². The highest BCUT2D eigenvalue weighted by Crippen LogP contribution is 2.34. The van der Waals surface area contributed by atoms with Gasteiger partial charge in [-0.1, -0.05) is 48.1 Å². The monoisotopic (exact) mass is 470 g/mol. The molecule has 2 aromatic heterocycles. The van der Waals surface area contributed by atoms with Crippen LogP contribution in [-0.4, -0.2) is 42.3 Å². The predicted octanol–water partition coefficient (Wildman–Crippen LogP) is 4.00. The fourth-order valence-corrected chi connectivity index (χ4v) is 4.34. The molecule has 0 bridgehead atoms. The smallest absolute Gasteiger partial charge is 0.284 e. The number of hydrogen-bond acceptors (Lipinski definition) is 7. The van der Waals surface area contributed by atoms with Gasteiger partial charge < -0.3 is 0 Å². The Morgan fingerprint density at radius 3 is 2.32 bits per heavy atom. The molecule has 0 saturated heterocycles. The minimum Gasteiger partial charge on any atom is -0.284 e. The van der Waals surface area contributed by atoms with Crippen LogP contribution in [0, 0.1) is 6.92 Å². The lowest BCUT2D eigenvalue weighted by Gasteiger charge is -2.16. The number of benzene rings is 1. The van der Waals surface area contributed by atoms with E-state index in [4.69, 9.17) is 0 Å². The van der Waals surface area contributed by atoms with Gasteiger partial charge in [0.15, 0.2) is 9.84 Å². The zero-order chi connectivity index (χ0) is 23.0. The summed E-state index contributed by atoms with van der Waals surface area (Å²) in [5.41, 5.74) is 1.81. The molecule has 0 aliphatic rings. The van der Waals surface area contributed by atoms with Crippen molar-refractivity contribution in [2.45, 2.75) is 24.9 Å². The molecule has 3 aromatic rings. The van der Waals surface area contributed by atoms with Crippen LogP contribution in [0.2, 0.25) is 0 Å². The second-order valence-corrected chi connectivity index (χ2v) is 9.79. The summed E-state index contributed by atoms with van der Waals surface area (Å²) in [4.78, 5) is 17.5. The number of halogens is 3. The summed E-state index contributed by atoms with van der Waals surface area (Å²) in [6.45, 7) is 3.33. The lowest BCUT2D eigenvalue weighted by atomic mass is 10.1. The number of pyridine rings is 1. The SMILES string of the molecule is CCS(=O)(=O)c1cc(-c2ccc(C)cc2)cnc1C(=O)N(C)c1nnc(C(F)(F)F)s1. The van der Waals surface area contributed by atoms with Gasteiger partial charge in [-0.25, -0.2) is 13.4 Å². The molecule has 0 aliphatic carbocycles. The fraction of sp³-hybridized carbons (Fsp3) is 0.263. The molecule has 0 saturated carbocycles. The van der Waals surface area contributed by atoms with Crippen LogP contribution in [-0.2, 0) is 16.0 Å². The zero-order valence-electron chi connectivity index (χ0n) is 16.6. The van der Waals surface area contributed by atoms with Gasteiger partial charge in [-0.2, -0.15) is 13.2 Å². The van der Waals surface area contributed by atoms with Gasteiger partial charge in [0.25, 0.3) is 5.91 Å². The molecule has 0 N–H and O–H groups in total. The second-order valence-electron chi connectivity index (χ2n) is 6.59. The summed E-state index contributed by atoms with van der Waals surface area (Å²) in [5, 5.41) is 4.89. The van der Waals surface area contributed by atoms with Gasteiger partial charge in [0.2, 0.25) is 10.1 Å². The van der Waals surface area contributed by atoms with Crippen molar-refractivity contribution in [3.8, 4) is 11.1 Å². The van der Waals surface area contributed by atoms with Crippen molar-refractivity contribution < 1.29 is 26.4 Å². The van der Waals surface area contributed by atoms with E-state index >= 15 is 0 Å². The van der Waals surface area contributed by atoms with E-state index in [0.717, 1.165) is 10.5 Å². The molecular weight excluding hydrogens is 453 g/mol. The number of aryl methyl sites for hydroxylation is 1. The van der Waals surface area contributed by atoms with E-state index < -0.39 is 32.6 Å². The van der Waals surface area contributed by atoms with Gasteiger partial charge >= 0.3 is 6.18 Å². The van der Waals surface area contributed by atoms with Crippen LogP contribution in [0.1, 0.15) is 28.0 Å². The third kappa shape index (κ3) is 4.74. The summed E-state index contributed by atoms with van der Waals surface area (Å²) in [6, 6.07) is 8.64. The van der Waals surface area contributed by atoms with E-state index in [1.807, 2.05) is 19.1 Å². The average molecular weight is 470 g/mol. The molecule has 0 fully saturated rings. The molecule has 0 radical (unpaired) electrons. The fourth-order valence-electron chi connectivity index (χ4n) is 2.61. The highest BCUT2D eigenvalue weighted by molar-refractivity contribution is 7.91. The number of amides is 1. The van der Waals surface area contributed by atoms with Crippen LogP contribution in [0.25, 0.3) is 11.1 Å². The standard InChI is InChI=1S/C19H17F3N4O3S2/c1-4-31(28,29)14-9-13(12-7-5-11(2)6-8-12)10-23-15(14)16(27)26(3)18-25-24-17(30-18)19(20,21)22/h5-10H,4H2,1-3H3. The summed E-state index contributed by atoms with van der Waals surface area (Å²) >= 11 is 0.172. The van der Waals surface area contributed by atoms with Crippen molar-refractivity contribution in [2.24, 2.45) is 0 Å². The minimum atomic E-state index is -4.70. The number of nitrogens with zero attached hydrogens (tertiary/aromatic N) is 4. The van der Waals surface area contributed by atoms with E-state index in [2.05, 4.69) is 15.2 Å². The number of alkyl halides is 3. The van der Waals surface area contributed by atoms with Gasteiger partial charge in [0.1, 0.15) is 5.69 Å². The van der Waals surface area contributed by atoms with Crippen molar-refractivity contribution >= 4 is 32.2 Å². The molecule has 1 amide bonds. The van der Waals surface area contributed by atoms with Gasteiger partial charge in [-0.15, -0.1) is 10.2 Å². The Morgan fingerprint density at radius 1 is 1.13 bits per heavy atom. The molecule has 164 valence electrons. The van der Waals surface area contributed by atoms with Crippen LogP contribution in [0.5, 0.6) is 0 Å². The maximum atomic E-state index is 12.9. The molecule has 7 nitrogen and oxygen atoms in total. The number of carbonyl (C=O) groups is 1. The van der Waals surface area contributed by atoms with E-state index in [-0.39, 0.29) is 27.1 Å². The van der Waals surface area contributed by atoms with Crippen molar-refractivity contribution in [2.75, 3.05) is 17.7 Å². The topological polar surface area (TPSA) is 93.1 Å². The molecule has 0 unspecified atom stereocenters. The normalized spacial score (nSPS) is 12.1. The molecular formula is C19H17F3N4O3S2. The predicted molar refractivity (Wildman–Crippen MR) is 110 cm³/mol. The molecule has 31 heavy (non-hydrogen) atoms. The van der Waals surface area contributed by atoms with Crippen molar-refractivity contribution in [3.63, 3.8) is 0 Å². The van der Waals surface area contributed by atoms with Gasteiger partial charge in [0.05, 0.1) is 10.6 Å². The number of sulfone groups is 1. The molecule has 3 rings (SSSR count). The first-order valence-corrected chi connectivity index (χ1v) is 11.4. The Balaban J connectivity index is 2.06. The maximum Gasteiger partial charge on any atom is 0.445 e. The van der Waals surface area contributed by atoms with Gasteiger partial charge in [-0.3, -0.25) is 9.69 Å². The molecule has 0 spiro atoms. The quantitative estimate of drug-likeness (QED) is 0.560. The minimum absolute atomic E-state index is 0.172. The number of carbonyl (C=O) groups excluding carboxylic acids is 1. The van der Waals surface area contributed by atoms with Crippen LogP contribution in [0.4, 0.5) is 18.3 Å². The first-order chi connectivity index (χ1) is 14.4. The highest BCUT2D eigenvalue weighted by atomic mass is 32.2. The largest absolute Gasteiger partial charge is 0.445 e. The Morgan fingerprint density at radius 2 is 1.77 bits per heavy atom. The van der Waals surface area contributed by atoms with E-state index in [0.29, 0.717) is 11.1 Å². The average Bonchev–Trinajstić information content (AvgIpc) is 3.24. The number of anilines is 1. The molecule has 0 atom stereocenters. The van der Waals surface area contributed by atoms with Gasteiger partial charge in [0, 0.05) is 18.8 Å². The first kappa shape index (κ1) is 22.8. The Labute approximate surface area is 180 Å². The lowest BCUT2D eigenvalue weighted by Crippen LogP contribution is -2.29. The zero-order valence-corrected chi connectivity index (χ0v) is 18.3. The van der Waals surface area contributed by atoms with Crippen LogP contribution in [0.15, 0.2) is 41.4 Å². The van der Waals surface area contributed by atoms with E-state index in [9.17, 15) is 26.4 Å². The Hall–Kier alpha value is -2.86. The maximum absolute atomic E-state index is 12.9. The number of hydrogen-bond donors (Lipinski definition) is 0. The van der Waals surface area contributed by atoms with Crippen LogP contribution in [0.3, 0.4) is 0 Å². The summed E-state index contributed by atoms with van der Waals surface area (Å²) < 4.78 is 63.7. The number of rotatable bonds is 5. The molecule has 1 aromatic carbocycles. The first-order valence-electron chi connectivity index (χ1n) is 8.92. The second kappa shape index (κ2) is 8.35. The molecule has 2 heterocycles. The van der Waals surface area contributed by atoms with Crippen LogP contribution < -0.4 is 4.90 Å². The lowest BCUT2D eigenvalue weighted by molar-refractivity contribution is -0.138. The van der Waals surface area contributed by atoms with Crippen molar-refractivity contribution in [1.82, 2.24) is 15.2 Å². The summed E-state index contributed by atoms with van der Waals surface area (Å²) in [5.74, 6) is -1.19. The third-order valence-corrected chi connectivity index (χ3v) is 7.19.